The van der Waals surface area contributed by atoms with Crippen molar-refractivity contribution in [3.05, 3.63) is 71.0 Å². The summed E-state index contributed by atoms with van der Waals surface area (Å²) in [5, 5.41) is 12.3. The molecular formula is C16H15FN2. The fourth-order valence-electron chi connectivity index (χ4n) is 1.82. The molecule has 2 aromatic carbocycles. The second-order valence-corrected chi connectivity index (χ2v) is 4.48. The summed E-state index contributed by atoms with van der Waals surface area (Å²) in [5.74, 6) is -0.293. The Morgan fingerprint density at radius 1 is 1.11 bits per heavy atom. The van der Waals surface area contributed by atoms with Crippen LogP contribution in [0.15, 0.2) is 48.5 Å². The number of nitrogens with zero attached hydrogens (tertiary/aromatic N) is 1. The molecule has 0 fully saturated rings. The molecule has 1 N–H and O–H groups in total. The number of halogens is 1. The molecule has 3 heteroatoms. The van der Waals surface area contributed by atoms with Crippen molar-refractivity contribution in [2.45, 2.75) is 19.5 Å². The van der Waals surface area contributed by atoms with Crippen LogP contribution in [0.2, 0.25) is 0 Å². The molecule has 0 radical (unpaired) electrons. The zero-order chi connectivity index (χ0) is 13.7. The van der Waals surface area contributed by atoms with Gasteiger partial charge in [-0.25, -0.2) is 4.39 Å². The SMILES string of the molecule is Cc1ccc(CNC(C#N)c2ccc(F)cc2)cc1. The van der Waals surface area contributed by atoms with Crippen molar-refractivity contribution in [2.75, 3.05) is 0 Å². The monoisotopic (exact) mass is 254 g/mol. The van der Waals surface area contributed by atoms with E-state index in [9.17, 15) is 4.39 Å². The van der Waals surface area contributed by atoms with Gasteiger partial charge in [0.25, 0.3) is 0 Å². The van der Waals surface area contributed by atoms with Gasteiger partial charge >= 0.3 is 0 Å². The maximum atomic E-state index is 12.8. The first-order valence-corrected chi connectivity index (χ1v) is 6.13. The summed E-state index contributed by atoms with van der Waals surface area (Å²) in [4.78, 5) is 0. The molecule has 19 heavy (non-hydrogen) atoms. The topological polar surface area (TPSA) is 35.8 Å². The van der Waals surface area contributed by atoms with E-state index in [1.807, 2.05) is 31.2 Å². The first-order valence-electron chi connectivity index (χ1n) is 6.13. The third kappa shape index (κ3) is 3.64. The molecule has 0 heterocycles. The number of nitriles is 1. The van der Waals surface area contributed by atoms with E-state index in [0.717, 1.165) is 11.1 Å². The van der Waals surface area contributed by atoms with Crippen LogP contribution >= 0.6 is 0 Å². The van der Waals surface area contributed by atoms with Crippen molar-refractivity contribution in [3.63, 3.8) is 0 Å². The number of aryl methyl sites for hydroxylation is 1. The molecule has 0 saturated carbocycles. The Kier molecular flexibility index (Phi) is 4.27. The maximum Gasteiger partial charge on any atom is 0.123 e. The standard InChI is InChI=1S/C16H15FN2/c1-12-2-4-13(5-3-12)11-19-16(10-18)14-6-8-15(17)9-7-14/h2-9,16,19H,11H2,1H3. The summed E-state index contributed by atoms with van der Waals surface area (Å²) in [6.45, 7) is 2.64. The number of rotatable bonds is 4. The molecule has 1 atom stereocenters. The number of hydrogen-bond donors (Lipinski definition) is 1. The molecule has 0 amide bonds. The lowest BCUT2D eigenvalue weighted by molar-refractivity contribution is 0.614. The van der Waals surface area contributed by atoms with E-state index in [0.29, 0.717) is 6.54 Å². The van der Waals surface area contributed by atoms with Crippen molar-refractivity contribution in [3.8, 4) is 6.07 Å². The Morgan fingerprint density at radius 3 is 2.32 bits per heavy atom. The van der Waals surface area contributed by atoms with Gasteiger partial charge in [0.1, 0.15) is 11.9 Å². The van der Waals surface area contributed by atoms with E-state index in [4.69, 9.17) is 5.26 Å². The fraction of sp³-hybridized carbons (Fsp3) is 0.188. The van der Waals surface area contributed by atoms with Crippen LogP contribution in [0.25, 0.3) is 0 Å². The Labute approximate surface area is 112 Å². The molecule has 2 nitrogen and oxygen atoms in total. The molecule has 2 aromatic rings. The Balaban J connectivity index is 2.02. The molecule has 0 aliphatic rings. The largest absolute Gasteiger partial charge is 0.294 e. The molecule has 2 rings (SSSR count). The lowest BCUT2D eigenvalue weighted by atomic mass is 10.1. The predicted molar refractivity (Wildman–Crippen MR) is 72.8 cm³/mol. The van der Waals surface area contributed by atoms with Crippen LogP contribution < -0.4 is 5.32 Å². The Morgan fingerprint density at radius 2 is 1.74 bits per heavy atom. The summed E-state index contributed by atoms with van der Waals surface area (Å²) < 4.78 is 12.8. The average Bonchev–Trinajstić information content (AvgIpc) is 2.43. The van der Waals surface area contributed by atoms with Gasteiger partial charge in [0.15, 0.2) is 0 Å². The first kappa shape index (κ1) is 13.3. The fourth-order valence-corrected chi connectivity index (χ4v) is 1.82. The van der Waals surface area contributed by atoms with Gasteiger partial charge in [-0.3, -0.25) is 5.32 Å². The van der Waals surface area contributed by atoms with Crippen LogP contribution in [0.5, 0.6) is 0 Å². The van der Waals surface area contributed by atoms with Crippen molar-refractivity contribution in [1.29, 1.82) is 5.26 Å². The average molecular weight is 254 g/mol. The van der Waals surface area contributed by atoms with Crippen molar-refractivity contribution >= 4 is 0 Å². The Bertz CT molecular complexity index is 567. The molecule has 0 spiro atoms. The molecular weight excluding hydrogens is 239 g/mol. The molecule has 0 bridgehead atoms. The van der Waals surface area contributed by atoms with Crippen LogP contribution in [0.1, 0.15) is 22.7 Å². The highest BCUT2D eigenvalue weighted by molar-refractivity contribution is 5.26. The highest BCUT2D eigenvalue weighted by atomic mass is 19.1. The minimum Gasteiger partial charge on any atom is -0.294 e. The summed E-state index contributed by atoms with van der Waals surface area (Å²) in [5.41, 5.74) is 3.10. The van der Waals surface area contributed by atoms with E-state index in [1.54, 1.807) is 12.1 Å². The lowest BCUT2D eigenvalue weighted by Gasteiger charge is -2.12. The van der Waals surface area contributed by atoms with Crippen LogP contribution in [0.4, 0.5) is 4.39 Å². The number of nitrogens with one attached hydrogen (secondary N) is 1. The molecule has 1 unspecified atom stereocenters. The first-order chi connectivity index (χ1) is 9.19. The van der Waals surface area contributed by atoms with Crippen molar-refractivity contribution in [1.82, 2.24) is 5.32 Å². The highest BCUT2D eigenvalue weighted by Crippen LogP contribution is 2.14. The second-order valence-electron chi connectivity index (χ2n) is 4.48. The van der Waals surface area contributed by atoms with Crippen LogP contribution in [-0.2, 0) is 6.54 Å². The van der Waals surface area contributed by atoms with E-state index in [2.05, 4.69) is 11.4 Å². The third-order valence-corrected chi connectivity index (χ3v) is 2.96. The van der Waals surface area contributed by atoms with Crippen LogP contribution in [-0.4, -0.2) is 0 Å². The molecule has 96 valence electrons. The quantitative estimate of drug-likeness (QED) is 0.906. The number of benzene rings is 2. The summed E-state index contributed by atoms with van der Waals surface area (Å²) in [7, 11) is 0. The lowest BCUT2D eigenvalue weighted by Crippen LogP contribution is -2.19. The third-order valence-electron chi connectivity index (χ3n) is 2.96. The predicted octanol–water partition coefficient (Wildman–Crippen LogP) is 3.49. The smallest absolute Gasteiger partial charge is 0.123 e. The zero-order valence-electron chi connectivity index (χ0n) is 10.7. The molecule has 0 aliphatic carbocycles. The van der Waals surface area contributed by atoms with E-state index >= 15 is 0 Å². The van der Waals surface area contributed by atoms with Gasteiger partial charge in [0.05, 0.1) is 6.07 Å². The minimum absolute atomic E-state index is 0.293. The summed E-state index contributed by atoms with van der Waals surface area (Å²) in [6.07, 6.45) is 0. The summed E-state index contributed by atoms with van der Waals surface area (Å²) in [6, 6.07) is 15.9. The van der Waals surface area contributed by atoms with Gasteiger partial charge in [-0.2, -0.15) is 5.26 Å². The second kappa shape index (κ2) is 6.12. The molecule has 0 saturated heterocycles. The molecule has 0 aliphatic heterocycles. The normalized spacial score (nSPS) is 11.8. The van der Waals surface area contributed by atoms with Gasteiger partial charge in [-0.05, 0) is 30.2 Å². The van der Waals surface area contributed by atoms with Gasteiger partial charge in [-0.15, -0.1) is 0 Å². The maximum absolute atomic E-state index is 12.8. The van der Waals surface area contributed by atoms with E-state index < -0.39 is 6.04 Å². The molecule has 0 aromatic heterocycles. The van der Waals surface area contributed by atoms with Crippen molar-refractivity contribution < 1.29 is 4.39 Å². The van der Waals surface area contributed by atoms with Gasteiger partial charge < -0.3 is 0 Å². The highest BCUT2D eigenvalue weighted by Gasteiger charge is 2.09. The zero-order valence-corrected chi connectivity index (χ0v) is 10.7. The van der Waals surface area contributed by atoms with Crippen LogP contribution in [0.3, 0.4) is 0 Å². The minimum atomic E-state index is -0.429. The van der Waals surface area contributed by atoms with Gasteiger partial charge in [0.2, 0.25) is 0 Å². The van der Waals surface area contributed by atoms with Gasteiger partial charge in [-0.1, -0.05) is 42.0 Å². The van der Waals surface area contributed by atoms with E-state index in [-0.39, 0.29) is 5.82 Å². The van der Waals surface area contributed by atoms with E-state index in [1.165, 1.54) is 17.7 Å². The van der Waals surface area contributed by atoms with Crippen LogP contribution in [0, 0.1) is 24.1 Å². The van der Waals surface area contributed by atoms with Gasteiger partial charge in [0, 0.05) is 6.54 Å². The summed E-state index contributed by atoms with van der Waals surface area (Å²) >= 11 is 0. The number of hydrogen-bond acceptors (Lipinski definition) is 2. The Hall–Kier alpha value is -2.18. The van der Waals surface area contributed by atoms with Crippen molar-refractivity contribution in [2.24, 2.45) is 0 Å².